The Hall–Kier alpha value is -3.74. The fourth-order valence-corrected chi connectivity index (χ4v) is 6.18. The Morgan fingerprint density at radius 3 is 2.50 bits per heavy atom. The number of halogens is 2. The molecule has 10 nitrogen and oxygen atoms in total. The molecule has 2 aliphatic heterocycles. The van der Waals surface area contributed by atoms with Crippen molar-refractivity contribution in [1.29, 1.82) is 0 Å². The van der Waals surface area contributed by atoms with Crippen molar-refractivity contribution < 1.29 is 37.3 Å². The van der Waals surface area contributed by atoms with Crippen LogP contribution in [0, 0.1) is 12.8 Å². The van der Waals surface area contributed by atoms with Gasteiger partial charge in [-0.05, 0) is 63.1 Å². The number of carbonyl (C=O) groups is 2. The second-order valence-corrected chi connectivity index (χ2v) is 13.0. The minimum Gasteiger partial charge on any atom is -0.496 e. The maximum Gasteiger partial charge on any atom is 0.419 e. The van der Waals surface area contributed by atoms with E-state index in [1.165, 1.54) is 11.7 Å². The summed E-state index contributed by atoms with van der Waals surface area (Å²) in [4.78, 5) is 29.8. The number of hydrogen-bond donors (Lipinski definition) is 1. The minimum absolute atomic E-state index is 0.277. The van der Waals surface area contributed by atoms with Gasteiger partial charge in [-0.2, -0.15) is 0 Å². The number of esters is 1. The van der Waals surface area contributed by atoms with Crippen LogP contribution in [0.2, 0.25) is 0 Å². The average Bonchev–Trinajstić information content (AvgIpc) is 3.43. The molecule has 0 amide bonds. The van der Waals surface area contributed by atoms with Gasteiger partial charge in [-0.15, -0.1) is 0 Å². The Bertz CT molecular complexity index is 1570. The zero-order valence-corrected chi connectivity index (χ0v) is 27.4. The topological polar surface area (TPSA) is 94.5 Å². The van der Waals surface area contributed by atoms with Crippen LogP contribution in [0.25, 0.3) is 10.9 Å². The molecule has 3 aromatic rings. The number of anilines is 1. The molecule has 250 valence electrons. The standard InChI is InChI=1S/C34H44F2N4O6/c1-21-13-29(43-5)26(24-9-10-40(31(21)24)33(42)46-34(2,3)4)16-39-12-11-38(18-30(35)36)17-28(39)23-7-8-25(32(41)44-6)27(14-23)37-15-22-19-45-20-22/h7-10,13-14,22,28,30,37H,11-12,15-20H2,1-6H3/t28-/m1/s1. The first kappa shape index (κ1) is 33.6. The highest BCUT2D eigenvalue weighted by atomic mass is 19.3. The summed E-state index contributed by atoms with van der Waals surface area (Å²) in [6.45, 7) is 10.8. The molecule has 5 rings (SSSR count). The van der Waals surface area contributed by atoms with Crippen molar-refractivity contribution in [3.8, 4) is 5.75 Å². The van der Waals surface area contributed by atoms with E-state index in [-0.39, 0.29) is 12.6 Å². The fourth-order valence-electron chi connectivity index (χ4n) is 6.18. The van der Waals surface area contributed by atoms with Gasteiger partial charge in [0.15, 0.2) is 0 Å². The molecular formula is C34H44F2N4O6. The first-order chi connectivity index (χ1) is 21.9. The normalized spacial score (nSPS) is 18.1. The van der Waals surface area contributed by atoms with E-state index in [4.69, 9.17) is 18.9 Å². The number of fused-ring (bicyclic) bond motifs is 1. The van der Waals surface area contributed by atoms with Gasteiger partial charge in [0, 0.05) is 67.5 Å². The summed E-state index contributed by atoms with van der Waals surface area (Å²) in [5.41, 5.74) is 3.73. The van der Waals surface area contributed by atoms with E-state index in [9.17, 15) is 18.4 Å². The second-order valence-electron chi connectivity index (χ2n) is 13.0. The molecule has 0 spiro atoms. The highest BCUT2D eigenvalue weighted by Crippen LogP contribution is 2.37. The molecule has 2 fully saturated rings. The lowest BCUT2D eigenvalue weighted by atomic mass is 9.97. The number of hydrogen-bond acceptors (Lipinski definition) is 9. The van der Waals surface area contributed by atoms with Crippen LogP contribution in [0.3, 0.4) is 0 Å². The largest absolute Gasteiger partial charge is 0.496 e. The monoisotopic (exact) mass is 642 g/mol. The Labute approximate surface area is 268 Å². The van der Waals surface area contributed by atoms with Crippen LogP contribution in [0.15, 0.2) is 36.5 Å². The Morgan fingerprint density at radius 1 is 1.11 bits per heavy atom. The molecular weight excluding hydrogens is 598 g/mol. The van der Waals surface area contributed by atoms with Gasteiger partial charge in [-0.1, -0.05) is 6.07 Å². The summed E-state index contributed by atoms with van der Waals surface area (Å²) in [7, 11) is 2.96. The Kier molecular flexibility index (Phi) is 10.2. The number of nitrogens with zero attached hydrogens (tertiary/aromatic N) is 3. The molecule has 1 N–H and O–H groups in total. The van der Waals surface area contributed by atoms with E-state index in [2.05, 4.69) is 10.2 Å². The predicted molar refractivity (Wildman–Crippen MR) is 171 cm³/mol. The number of rotatable bonds is 10. The molecule has 0 aliphatic carbocycles. The maximum atomic E-state index is 13.6. The fraction of sp³-hybridized carbons (Fsp3) is 0.529. The molecule has 1 aromatic heterocycles. The van der Waals surface area contributed by atoms with Crippen LogP contribution in [0.4, 0.5) is 19.3 Å². The number of nitrogens with one attached hydrogen (secondary N) is 1. The van der Waals surface area contributed by atoms with Gasteiger partial charge in [0.05, 0.1) is 45.1 Å². The SMILES string of the molecule is COC(=O)c1ccc([C@H]2CN(CC(F)F)CCN2Cc2c(OC)cc(C)c3c2ccn3C(=O)OC(C)(C)C)cc1NCC1COC1. The smallest absolute Gasteiger partial charge is 0.419 e. The van der Waals surface area contributed by atoms with Crippen LogP contribution in [-0.2, 0) is 20.8 Å². The lowest BCUT2D eigenvalue weighted by Gasteiger charge is -2.42. The van der Waals surface area contributed by atoms with E-state index in [1.807, 2.05) is 52.0 Å². The molecule has 3 heterocycles. The summed E-state index contributed by atoms with van der Waals surface area (Å²) >= 11 is 0. The lowest BCUT2D eigenvalue weighted by molar-refractivity contribution is -0.0248. The van der Waals surface area contributed by atoms with Gasteiger partial charge in [0.2, 0.25) is 0 Å². The third kappa shape index (κ3) is 7.45. The van der Waals surface area contributed by atoms with E-state index < -0.39 is 24.1 Å². The number of aryl methyl sites for hydroxylation is 1. The summed E-state index contributed by atoms with van der Waals surface area (Å²) in [5.74, 6) is 0.554. The molecule has 0 radical (unpaired) electrons. The van der Waals surface area contributed by atoms with Gasteiger partial charge < -0.3 is 24.3 Å². The second kappa shape index (κ2) is 13.9. The van der Waals surface area contributed by atoms with Gasteiger partial charge >= 0.3 is 12.1 Å². The number of carbonyl (C=O) groups excluding carboxylic acids is 2. The zero-order valence-electron chi connectivity index (χ0n) is 27.4. The molecule has 1 atom stereocenters. The average molecular weight is 643 g/mol. The molecule has 0 bridgehead atoms. The van der Waals surface area contributed by atoms with E-state index >= 15 is 0 Å². The number of piperazine rings is 1. The maximum absolute atomic E-state index is 13.6. The molecule has 0 unspecified atom stereocenters. The van der Waals surface area contributed by atoms with Crippen LogP contribution < -0.4 is 10.1 Å². The Morgan fingerprint density at radius 2 is 1.87 bits per heavy atom. The van der Waals surface area contributed by atoms with Gasteiger partial charge in [0.1, 0.15) is 11.4 Å². The van der Waals surface area contributed by atoms with Crippen molar-refractivity contribution in [3.05, 3.63) is 58.8 Å². The number of alkyl halides is 2. The predicted octanol–water partition coefficient (Wildman–Crippen LogP) is 5.71. The van der Waals surface area contributed by atoms with Crippen LogP contribution in [0.5, 0.6) is 5.75 Å². The van der Waals surface area contributed by atoms with Crippen LogP contribution in [-0.4, -0.2) is 98.6 Å². The van der Waals surface area contributed by atoms with Gasteiger partial charge in [-0.3, -0.25) is 14.4 Å². The molecule has 46 heavy (non-hydrogen) atoms. The minimum atomic E-state index is -2.46. The quantitative estimate of drug-likeness (QED) is 0.279. The molecule has 2 saturated heterocycles. The third-order valence-corrected chi connectivity index (χ3v) is 8.49. The molecule has 12 heteroatoms. The molecule has 0 saturated carbocycles. The first-order valence-electron chi connectivity index (χ1n) is 15.6. The number of aromatic nitrogens is 1. The lowest BCUT2D eigenvalue weighted by Crippen LogP contribution is -2.49. The van der Waals surface area contributed by atoms with Crippen molar-refractivity contribution in [2.45, 2.75) is 52.3 Å². The van der Waals surface area contributed by atoms with Gasteiger partial charge in [0.25, 0.3) is 6.43 Å². The zero-order chi connectivity index (χ0) is 33.2. The van der Waals surface area contributed by atoms with Crippen LogP contribution >= 0.6 is 0 Å². The highest BCUT2D eigenvalue weighted by Gasteiger charge is 2.32. The number of ether oxygens (including phenoxy) is 4. The van der Waals surface area contributed by atoms with Crippen molar-refractivity contribution in [1.82, 2.24) is 14.4 Å². The summed E-state index contributed by atoms with van der Waals surface area (Å²) < 4.78 is 50.5. The summed E-state index contributed by atoms with van der Waals surface area (Å²) in [6, 6.07) is 9.06. The number of methoxy groups -OCH3 is 2. The molecule has 2 aliphatic rings. The third-order valence-electron chi connectivity index (χ3n) is 8.49. The van der Waals surface area contributed by atoms with E-state index in [1.54, 1.807) is 24.3 Å². The van der Waals surface area contributed by atoms with Crippen molar-refractivity contribution >= 4 is 28.7 Å². The van der Waals surface area contributed by atoms with Crippen LogP contribution in [0.1, 0.15) is 53.9 Å². The first-order valence-corrected chi connectivity index (χ1v) is 15.6. The van der Waals surface area contributed by atoms with E-state index in [0.717, 1.165) is 27.6 Å². The highest BCUT2D eigenvalue weighted by molar-refractivity contribution is 5.96. The number of benzene rings is 2. The molecule has 2 aromatic carbocycles. The van der Waals surface area contributed by atoms with Gasteiger partial charge in [-0.25, -0.2) is 18.4 Å². The van der Waals surface area contributed by atoms with E-state index in [0.29, 0.717) is 68.9 Å². The van der Waals surface area contributed by atoms with Crippen molar-refractivity contribution in [2.75, 3.05) is 65.5 Å². The van der Waals surface area contributed by atoms with Crippen molar-refractivity contribution in [3.63, 3.8) is 0 Å². The summed E-state index contributed by atoms with van der Waals surface area (Å²) in [6.07, 6.45) is -1.22. The van der Waals surface area contributed by atoms with Crippen molar-refractivity contribution in [2.24, 2.45) is 5.92 Å². The summed E-state index contributed by atoms with van der Waals surface area (Å²) in [5, 5.41) is 4.25. The Balaban J connectivity index is 1.53.